The van der Waals surface area contributed by atoms with Gasteiger partial charge in [0.1, 0.15) is 0 Å². The number of hydrogen-bond acceptors (Lipinski definition) is 3. The molecule has 17 heavy (non-hydrogen) atoms. The van der Waals surface area contributed by atoms with Gasteiger partial charge in [0.25, 0.3) is 5.91 Å². The third kappa shape index (κ3) is 2.41. The first-order valence-corrected chi connectivity index (χ1v) is 6.41. The van der Waals surface area contributed by atoms with Gasteiger partial charge in [0.05, 0.1) is 5.56 Å². The van der Waals surface area contributed by atoms with Crippen molar-refractivity contribution in [2.24, 2.45) is 0 Å². The first-order valence-electron chi connectivity index (χ1n) is 5.26. The van der Waals surface area contributed by atoms with E-state index in [0.717, 1.165) is 24.1 Å². The maximum absolute atomic E-state index is 13.4. The molecular weight excluding hydrogens is 246 g/mol. The number of nitrogens with zero attached hydrogens (tertiary/aromatic N) is 2. The lowest BCUT2D eigenvalue weighted by Gasteiger charge is -2.23. The van der Waals surface area contributed by atoms with Crippen LogP contribution in [0, 0.1) is 11.8 Å². The standard InChI is InChI=1S/C11H12F2N2OS/c1-15(7-3-5-17-6-7)11(16)8-2-4-14-10(13)9(8)12/h2,4,7H,3,5-6H2,1H3. The minimum absolute atomic E-state index is 0.100. The van der Waals surface area contributed by atoms with E-state index in [2.05, 4.69) is 4.98 Å². The molecule has 1 atom stereocenters. The van der Waals surface area contributed by atoms with Crippen LogP contribution >= 0.6 is 11.8 Å². The summed E-state index contributed by atoms with van der Waals surface area (Å²) in [4.78, 5) is 16.6. The molecule has 0 bridgehead atoms. The van der Waals surface area contributed by atoms with E-state index in [1.807, 2.05) is 0 Å². The average molecular weight is 258 g/mol. The summed E-state index contributed by atoms with van der Waals surface area (Å²) in [5.74, 6) is -1.05. The molecule has 0 N–H and O–H groups in total. The molecular formula is C11H12F2N2OS. The van der Waals surface area contributed by atoms with E-state index in [1.165, 1.54) is 11.0 Å². The van der Waals surface area contributed by atoms with Crippen LogP contribution in [-0.2, 0) is 0 Å². The number of amides is 1. The number of rotatable bonds is 2. The van der Waals surface area contributed by atoms with Crippen molar-refractivity contribution < 1.29 is 13.6 Å². The Bertz CT molecular complexity index is 435. The highest BCUT2D eigenvalue weighted by Crippen LogP contribution is 2.23. The van der Waals surface area contributed by atoms with E-state index in [0.29, 0.717) is 0 Å². The fourth-order valence-electron chi connectivity index (χ4n) is 1.77. The number of pyridine rings is 1. The molecule has 0 aliphatic carbocycles. The molecule has 2 rings (SSSR count). The van der Waals surface area contributed by atoms with Crippen molar-refractivity contribution >= 4 is 17.7 Å². The van der Waals surface area contributed by atoms with Crippen molar-refractivity contribution in [3.05, 3.63) is 29.6 Å². The summed E-state index contributed by atoms with van der Waals surface area (Å²) in [5.41, 5.74) is -0.253. The van der Waals surface area contributed by atoms with Gasteiger partial charge in [0.2, 0.25) is 5.95 Å². The number of carbonyl (C=O) groups excluding carboxylic acids is 1. The van der Waals surface area contributed by atoms with Gasteiger partial charge < -0.3 is 4.90 Å². The van der Waals surface area contributed by atoms with Crippen molar-refractivity contribution in [2.75, 3.05) is 18.6 Å². The van der Waals surface area contributed by atoms with Crippen molar-refractivity contribution in [3.63, 3.8) is 0 Å². The van der Waals surface area contributed by atoms with Crippen molar-refractivity contribution in [1.82, 2.24) is 9.88 Å². The van der Waals surface area contributed by atoms with Crippen LogP contribution in [0.3, 0.4) is 0 Å². The molecule has 1 amide bonds. The topological polar surface area (TPSA) is 33.2 Å². The molecule has 0 aromatic carbocycles. The monoisotopic (exact) mass is 258 g/mol. The SMILES string of the molecule is CN(C(=O)c1ccnc(F)c1F)C1CCSC1. The second-order valence-corrected chi connectivity index (χ2v) is 5.05. The molecule has 1 saturated heterocycles. The van der Waals surface area contributed by atoms with Crippen molar-refractivity contribution in [1.29, 1.82) is 0 Å². The third-order valence-electron chi connectivity index (χ3n) is 2.85. The maximum Gasteiger partial charge on any atom is 0.257 e. The largest absolute Gasteiger partial charge is 0.338 e. The second-order valence-electron chi connectivity index (χ2n) is 3.90. The molecule has 1 aromatic heterocycles. The highest BCUT2D eigenvalue weighted by Gasteiger charge is 2.27. The highest BCUT2D eigenvalue weighted by atomic mass is 32.2. The van der Waals surface area contributed by atoms with Crippen LogP contribution in [-0.4, -0.2) is 40.4 Å². The Balaban J connectivity index is 2.21. The summed E-state index contributed by atoms with van der Waals surface area (Å²) in [7, 11) is 1.62. The van der Waals surface area contributed by atoms with E-state index < -0.39 is 17.7 Å². The van der Waals surface area contributed by atoms with Gasteiger partial charge in [-0.25, -0.2) is 9.37 Å². The molecule has 6 heteroatoms. The predicted molar refractivity (Wildman–Crippen MR) is 62.0 cm³/mol. The third-order valence-corrected chi connectivity index (χ3v) is 4.00. The fraction of sp³-hybridized carbons (Fsp3) is 0.455. The summed E-state index contributed by atoms with van der Waals surface area (Å²) < 4.78 is 26.3. The van der Waals surface area contributed by atoms with Crippen LogP contribution in [0.15, 0.2) is 12.3 Å². The van der Waals surface area contributed by atoms with E-state index in [1.54, 1.807) is 18.8 Å². The van der Waals surface area contributed by atoms with E-state index >= 15 is 0 Å². The number of halogens is 2. The van der Waals surface area contributed by atoms with Crippen LogP contribution < -0.4 is 0 Å². The normalized spacial score (nSPS) is 19.4. The fourth-order valence-corrected chi connectivity index (χ4v) is 3.03. The molecule has 3 nitrogen and oxygen atoms in total. The molecule has 2 heterocycles. The Morgan fingerprint density at radius 3 is 3.00 bits per heavy atom. The van der Waals surface area contributed by atoms with E-state index in [-0.39, 0.29) is 11.6 Å². The first kappa shape index (κ1) is 12.3. The minimum atomic E-state index is -1.23. The number of hydrogen-bond donors (Lipinski definition) is 0. The van der Waals surface area contributed by atoms with E-state index in [4.69, 9.17) is 0 Å². The second kappa shape index (κ2) is 5.00. The summed E-state index contributed by atoms with van der Waals surface area (Å²) in [6.45, 7) is 0. The molecule has 1 unspecified atom stereocenters. The smallest absolute Gasteiger partial charge is 0.257 e. The van der Waals surface area contributed by atoms with Gasteiger partial charge in [-0.3, -0.25) is 4.79 Å². The quantitative estimate of drug-likeness (QED) is 0.760. The Labute approximate surface area is 102 Å². The summed E-state index contributed by atoms with van der Waals surface area (Å²) in [6.07, 6.45) is 1.99. The Morgan fingerprint density at radius 2 is 2.35 bits per heavy atom. The zero-order chi connectivity index (χ0) is 12.4. The Hall–Kier alpha value is -1.17. The van der Waals surface area contributed by atoms with Crippen LogP contribution in [0.4, 0.5) is 8.78 Å². The lowest BCUT2D eigenvalue weighted by molar-refractivity contribution is 0.0741. The molecule has 1 aromatic rings. The van der Waals surface area contributed by atoms with Crippen LogP contribution in [0.5, 0.6) is 0 Å². The maximum atomic E-state index is 13.4. The van der Waals surface area contributed by atoms with Gasteiger partial charge in [0.15, 0.2) is 5.82 Å². The number of carbonyl (C=O) groups is 1. The molecule has 92 valence electrons. The minimum Gasteiger partial charge on any atom is -0.338 e. The van der Waals surface area contributed by atoms with E-state index in [9.17, 15) is 13.6 Å². The molecule has 0 saturated carbocycles. The van der Waals surface area contributed by atoms with Gasteiger partial charge in [-0.15, -0.1) is 0 Å². The zero-order valence-corrected chi connectivity index (χ0v) is 10.1. The first-order chi connectivity index (χ1) is 8.11. The number of aromatic nitrogens is 1. The van der Waals surface area contributed by atoms with Crippen molar-refractivity contribution in [2.45, 2.75) is 12.5 Å². The summed E-state index contributed by atoms with van der Waals surface area (Å²) >= 11 is 1.76. The van der Waals surface area contributed by atoms with Crippen LogP contribution in [0.25, 0.3) is 0 Å². The molecule has 1 aliphatic heterocycles. The van der Waals surface area contributed by atoms with Gasteiger partial charge in [-0.1, -0.05) is 0 Å². The molecule has 1 aliphatic rings. The van der Waals surface area contributed by atoms with Crippen molar-refractivity contribution in [3.8, 4) is 0 Å². The molecule has 0 radical (unpaired) electrons. The Morgan fingerprint density at radius 1 is 1.59 bits per heavy atom. The summed E-state index contributed by atoms with van der Waals surface area (Å²) in [5, 5.41) is 0. The van der Waals surface area contributed by atoms with Crippen LogP contribution in [0.1, 0.15) is 16.8 Å². The summed E-state index contributed by atoms with van der Waals surface area (Å²) in [6, 6.07) is 1.31. The van der Waals surface area contributed by atoms with Gasteiger partial charge in [-0.2, -0.15) is 16.2 Å². The number of thioether (sulfide) groups is 1. The predicted octanol–water partition coefficient (Wildman–Crippen LogP) is 1.94. The van der Waals surface area contributed by atoms with Crippen LogP contribution in [0.2, 0.25) is 0 Å². The lowest BCUT2D eigenvalue weighted by Crippen LogP contribution is -2.37. The zero-order valence-electron chi connectivity index (χ0n) is 9.32. The van der Waals surface area contributed by atoms with Gasteiger partial charge >= 0.3 is 0 Å². The average Bonchev–Trinajstić information content (AvgIpc) is 2.84. The lowest BCUT2D eigenvalue weighted by atomic mass is 10.1. The van der Waals surface area contributed by atoms with Gasteiger partial charge in [0, 0.05) is 25.0 Å². The molecule has 1 fully saturated rings. The Kier molecular flexibility index (Phi) is 3.61. The van der Waals surface area contributed by atoms with Gasteiger partial charge in [-0.05, 0) is 18.2 Å². The molecule has 0 spiro atoms. The highest BCUT2D eigenvalue weighted by molar-refractivity contribution is 7.99.